The summed E-state index contributed by atoms with van der Waals surface area (Å²) in [5, 5.41) is 8.78. The third-order valence-corrected chi connectivity index (χ3v) is 2.67. The van der Waals surface area contributed by atoms with Gasteiger partial charge in [0.05, 0.1) is 19.1 Å². The van der Waals surface area contributed by atoms with E-state index in [-0.39, 0.29) is 5.92 Å². The van der Waals surface area contributed by atoms with E-state index >= 15 is 0 Å². The summed E-state index contributed by atoms with van der Waals surface area (Å²) < 4.78 is 5.15. The van der Waals surface area contributed by atoms with Crippen molar-refractivity contribution < 1.29 is 14.6 Å². The van der Waals surface area contributed by atoms with Gasteiger partial charge in [-0.15, -0.1) is 0 Å². The number of ether oxygens (including phenoxy) is 1. The van der Waals surface area contributed by atoms with E-state index in [1.807, 2.05) is 0 Å². The molecule has 0 spiro atoms. The Morgan fingerprint density at radius 1 is 1.36 bits per heavy atom. The second-order valence-electron chi connectivity index (χ2n) is 3.48. The first-order chi connectivity index (χ1) is 5.29. The summed E-state index contributed by atoms with van der Waals surface area (Å²) in [6.07, 6.45) is 2.41. The summed E-state index contributed by atoms with van der Waals surface area (Å²) in [5.74, 6) is 0.0630. The first kappa shape index (κ1) is 7.10. The zero-order valence-electron chi connectivity index (χ0n) is 6.32. The highest BCUT2D eigenvalue weighted by atomic mass is 16.5. The molecule has 1 aliphatic carbocycles. The minimum atomic E-state index is -0.681. The zero-order chi connectivity index (χ0) is 7.84. The van der Waals surface area contributed by atoms with Crippen molar-refractivity contribution >= 4 is 5.97 Å². The fraction of sp³-hybridized carbons (Fsp3) is 0.875. The van der Waals surface area contributed by atoms with E-state index in [9.17, 15) is 4.79 Å². The summed E-state index contributed by atoms with van der Waals surface area (Å²) in [7, 11) is 0. The molecule has 0 radical (unpaired) electrons. The number of carboxylic acid groups (broad SMARTS) is 1. The van der Waals surface area contributed by atoms with Crippen molar-refractivity contribution in [2.24, 2.45) is 17.8 Å². The van der Waals surface area contributed by atoms with E-state index in [0.29, 0.717) is 25.0 Å². The first-order valence-electron chi connectivity index (χ1n) is 4.09. The van der Waals surface area contributed by atoms with Crippen LogP contribution in [0.4, 0.5) is 0 Å². The van der Waals surface area contributed by atoms with Gasteiger partial charge < -0.3 is 9.84 Å². The number of hydrogen-bond acceptors (Lipinski definition) is 2. The van der Waals surface area contributed by atoms with E-state index in [1.54, 1.807) is 0 Å². The predicted molar refractivity (Wildman–Crippen MR) is 38.2 cm³/mol. The third-order valence-electron chi connectivity index (χ3n) is 2.67. The molecule has 2 unspecified atom stereocenters. The lowest BCUT2D eigenvalue weighted by Gasteiger charge is -2.10. The van der Waals surface area contributed by atoms with Gasteiger partial charge in [-0.25, -0.2) is 0 Å². The highest BCUT2D eigenvalue weighted by Gasteiger charge is 2.43. The van der Waals surface area contributed by atoms with Gasteiger partial charge in [0.25, 0.3) is 0 Å². The monoisotopic (exact) mass is 156 g/mol. The standard InChI is InChI=1S/C8H12O3/c9-8(10)7-4-11-3-6(7)5-1-2-5/h5-7H,1-4H2,(H,9,10). The van der Waals surface area contributed by atoms with Gasteiger partial charge in [0.2, 0.25) is 0 Å². The molecule has 1 aliphatic heterocycles. The summed E-state index contributed by atoms with van der Waals surface area (Å²) in [6.45, 7) is 1.10. The van der Waals surface area contributed by atoms with Crippen LogP contribution in [0.15, 0.2) is 0 Å². The van der Waals surface area contributed by atoms with Crippen molar-refractivity contribution in [2.45, 2.75) is 12.8 Å². The van der Waals surface area contributed by atoms with Gasteiger partial charge in [0.1, 0.15) is 0 Å². The number of carboxylic acids is 1. The highest BCUT2D eigenvalue weighted by Crippen LogP contribution is 2.43. The third kappa shape index (κ3) is 1.25. The SMILES string of the molecule is O=C(O)C1COCC1C1CC1. The van der Waals surface area contributed by atoms with Crippen LogP contribution in [0.1, 0.15) is 12.8 Å². The summed E-state index contributed by atoms with van der Waals surface area (Å²) in [5.41, 5.74) is 0. The molecule has 2 fully saturated rings. The van der Waals surface area contributed by atoms with Crippen molar-refractivity contribution in [3.8, 4) is 0 Å². The van der Waals surface area contributed by atoms with Crippen LogP contribution in [0.3, 0.4) is 0 Å². The fourth-order valence-electron chi connectivity index (χ4n) is 1.81. The van der Waals surface area contributed by atoms with Crippen molar-refractivity contribution in [1.29, 1.82) is 0 Å². The van der Waals surface area contributed by atoms with Crippen LogP contribution >= 0.6 is 0 Å². The smallest absolute Gasteiger partial charge is 0.309 e. The average Bonchev–Trinajstić information content (AvgIpc) is 2.68. The zero-order valence-corrected chi connectivity index (χ0v) is 6.32. The Balaban J connectivity index is 2.01. The van der Waals surface area contributed by atoms with Gasteiger partial charge >= 0.3 is 5.97 Å². The number of hydrogen-bond donors (Lipinski definition) is 1. The van der Waals surface area contributed by atoms with Gasteiger partial charge in [-0.05, 0) is 18.8 Å². The molecule has 11 heavy (non-hydrogen) atoms. The number of rotatable bonds is 2. The molecular weight excluding hydrogens is 144 g/mol. The van der Waals surface area contributed by atoms with Crippen molar-refractivity contribution in [3.63, 3.8) is 0 Å². The van der Waals surface area contributed by atoms with Crippen LogP contribution in [0, 0.1) is 17.8 Å². The van der Waals surface area contributed by atoms with Crippen LogP contribution < -0.4 is 0 Å². The van der Waals surface area contributed by atoms with Crippen molar-refractivity contribution in [3.05, 3.63) is 0 Å². The normalized spacial score (nSPS) is 37.5. The second-order valence-corrected chi connectivity index (χ2v) is 3.48. The summed E-state index contributed by atoms with van der Waals surface area (Å²) in [6, 6.07) is 0. The average molecular weight is 156 g/mol. The van der Waals surface area contributed by atoms with Crippen LogP contribution in [0.5, 0.6) is 0 Å². The maximum Gasteiger partial charge on any atom is 0.309 e. The van der Waals surface area contributed by atoms with Crippen LogP contribution in [0.2, 0.25) is 0 Å². The molecule has 0 aromatic heterocycles. The highest BCUT2D eigenvalue weighted by molar-refractivity contribution is 5.71. The van der Waals surface area contributed by atoms with Crippen LogP contribution in [0.25, 0.3) is 0 Å². The van der Waals surface area contributed by atoms with Crippen molar-refractivity contribution in [1.82, 2.24) is 0 Å². The molecule has 1 heterocycles. The Hall–Kier alpha value is -0.570. The van der Waals surface area contributed by atoms with Crippen LogP contribution in [-0.4, -0.2) is 24.3 Å². The molecule has 0 amide bonds. The van der Waals surface area contributed by atoms with E-state index in [0.717, 1.165) is 0 Å². The molecule has 1 N–H and O–H groups in total. The van der Waals surface area contributed by atoms with E-state index in [1.165, 1.54) is 12.8 Å². The number of carbonyl (C=O) groups is 1. The lowest BCUT2D eigenvalue weighted by Crippen LogP contribution is -2.23. The van der Waals surface area contributed by atoms with Gasteiger partial charge in [-0.3, -0.25) is 4.79 Å². The predicted octanol–water partition coefficient (Wildman–Crippen LogP) is 0.744. The number of aliphatic carboxylic acids is 1. The minimum absolute atomic E-state index is 0.220. The summed E-state index contributed by atoms with van der Waals surface area (Å²) >= 11 is 0. The maximum absolute atomic E-state index is 10.7. The molecule has 2 aliphatic rings. The van der Waals surface area contributed by atoms with Gasteiger partial charge in [0.15, 0.2) is 0 Å². The molecule has 0 aromatic rings. The fourth-order valence-corrected chi connectivity index (χ4v) is 1.81. The Morgan fingerprint density at radius 3 is 2.64 bits per heavy atom. The van der Waals surface area contributed by atoms with Crippen LogP contribution in [-0.2, 0) is 9.53 Å². The molecule has 3 heteroatoms. The lowest BCUT2D eigenvalue weighted by molar-refractivity contribution is -0.143. The maximum atomic E-state index is 10.7. The molecular formula is C8H12O3. The molecule has 0 aromatic carbocycles. The first-order valence-corrected chi connectivity index (χ1v) is 4.09. The van der Waals surface area contributed by atoms with E-state index in [4.69, 9.17) is 9.84 Å². The molecule has 0 bridgehead atoms. The Labute approximate surface area is 65.4 Å². The largest absolute Gasteiger partial charge is 0.481 e. The van der Waals surface area contributed by atoms with Gasteiger partial charge in [-0.1, -0.05) is 0 Å². The minimum Gasteiger partial charge on any atom is -0.481 e. The van der Waals surface area contributed by atoms with Gasteiger partial charge in [0, 0.05) is 5.92 Å². The molecule has 1 saturated carbocycles. The second kappa shape index (κ2) is 2.48. The van der Waals surface area contributed by atoms with Gasteiger partial charge in [-0.2, -0.15) is 0 Å². The summed E-state index contributed by atoms with van der Waals surface area (Å²) in [4.78, 5) is 10.7. The Morgan fingerprint density at radius 2 is 2.09 bits per heavy atom. The van der Waals surface area contributed by atoms with Crippen molar-refractivity contribution in [2.75, 3.05) is 13.2 Å². The topological polar surface area (TPSA) is 46.5 Å². The molecule has 2 atom stereocenters. The van der Waals surface area contributed by atoms with E-state index in [2.05, 4.69) is 0 Å². The lowest BCUT2D eigenvalue weighted by atomic mass is 9.92. The Bertz CT molecular complexity index is 174. The quantitative estimate of drug-likeness (QED) is 0.641. The molecule has 62 valence electrons. The molecule has 1 saturated heterocycles. The van der Waals surface area contributed by atoms with E-state index < -0.39 is 5.97 Å². The molecule has 2 rings (SSSR count). The Kier molecular flexibility index (Phi) is 1.60. The molecule has 3 nitrogen and oxygen atoms in total.